The van der Waals surface area contributed by atoms with E-state index in [0.717, 1.165) is 68.3 Å². The summed E-state index contributed by atoms with van der Waals surface area (Å²) in [4.78, 5) is 0. The number of fused-ring (bicyclic) bond motifs is 11. The molecule has 0 amide bonds. The minimum atomic E-state index is 0.888. The number of furan rings is 1. The van der Waals surface area contributed by atoms with Gasteiger partial charge in [-0.25, -0.2) is 0 Å². The molecular weight excluding hydrogens is 827 g/mol. The number of benzene rings is 10. The van der Waals surface area contributed by atoms with Crippen LogP contribution in [0.2, 0.25) is 0 Å². The van der Waals surface area contributed by atoms with Crippen molar-refractivity contribution in [3.8, 4) is 33.6 Å². The Labute approximate surface area is 392 Å². The van der Waals surface area contributed by atoms with Gasteiger partial charge in [0.05, 0.1) is 22.1 Å². The predicted octanol–water partition coefficient (Wildman–Crippen LogP) is 17.4. The molecule has 320 valence electrons. The Hall–Kier alpha value is -8.86. The van der Waals surface area contributed by atoms with E-state index in [4.69, 9.17) is 4.42 Å². The zero-order valence-electron chi connectivity index (χ0n) is 37.2. The standard InChI is InChI=1S/C64H43N3O/c1-3-17-47(18-4-1)65-58-24-11-9-21-50(58)46-16-13-15-42(36-46)43-27-33-61-55(38-43)56-39-45(44-28-32-60-54(37-44)52-23-10-12-25-59(52)66(60)48-19-5-2-6-20-48)29-34-62(56)67(61)49-30-35-63-57(40-49)53-31-26-41-14-7-8-22-51(41)64(53)68-63/h1-10,12-23,25-40,65H,11,24H2. The van der Waals surface area contributed by atoms with E-state index in [-0.39, 0.29) is 0 Å². The monoisotopic (exact) mass is 869 g/mol. The SMILES string of the molecule is C1=CC(c2cccc(-c3ccc4c(c3)c3cc(-c5ccc6c(c5)c5ccccc5n6-c5ccccc5)ccc3n4-c3ccc4oc5c6ccccc6ccc5c4c3)c2)=C(Nc2ccccc2)CC1. The third kappa shape index (κ3) is 6.15. The molecule has 0 bridgehead atoms. The maximum atomic E-state index is 6.59. The molecule has 0 spiro atoms. The number of hydrogen-bond acceptors (Lipinski definition) is 2. The van der Waals surface area contributed by atoms with Crippen LogP contribution in [-0.4, -0.2) is 9.13 Å². The smallest absolute Gasteiger partial charge is 0.143 e. The molecule has 3 aromatic heterocycles. The quantitative estimate of drug-likeness (QED) is 0.173. The Bertz CT molecular complexity index is 4220. The van der Waals surface area contributed by atoms with Crippen LogP contribution in [0.1, 0.15) is 18.4 Å². The minimum absolute atomic E-state index is 0.888. The zero-order valence-corrected chi connectivity index (χ0v) is 37.2. The number of aromatic nitrogens is 2. The Kier molecular flexibility index (Phi) is 8.68. The number of hydrogen-bond donors (Lipinski definition) is 1. The molecule has 0 fully saturated rings. The van der Waals surface area contributed by atoms with E-state index in [1.807, 2.05) is 0 Å². The van der Waals surface area contributed by atoms with Crippen LogP contribution in [0, 0.1) is 0 Å². The van der Waals surface area contributed by atoms with Gasteiger partial charge in [0.25, 0.3) is 0 Å². The molecule has 0 atom stereocenters. The second kappa shape index (κ2) is 15.4. The first-order valence-corrected chi connectivity index (χ1v) is 23.5. The number of nitrogens with one attached hydrogen (secondary N) is 1. The van der Waals surface area contributed by atoms with Gasteiger partial charge in [-0.1, -0.05) is 133 Å². The summed E-state index contributed by atoms with van der Waals surface area (Å²) in [6, 6.07) is 79.5. The average Bonchev–Trinajstić information content (AvgIpc) is 4.06. The second-order valence-electron chi connectivity index (χ2n) is 18.1. The fraction of sp³-hybridized carbons (Fsp3) is 0.0312. The highest BCUT2D eigenvalue weighted by Crippen LogP contribution is 2.42. The van der Waals surface area contributed by atoms with Crippen LogP contribution < -0.4 is 5.32 Å². The van der Waals surface area contributed by atoms with Gasteiger partial charge in [-0.2, -0.15) is 0 Å². The lowest BCUT2D eigenvalue weighted by molar-refractivity contribution is 0.672. The Morgan fingerprint density at radius 1 is 0.382 bits per heavy atom. The molecule has 0 saturated carbocycles. The van der Waals surface area contributed by atoms with E-state index >= 15 is 0 Å². The fourth-order valence-corrected chi connectivity index (χ4v) is 10.9. The largest absolute Gasteiger partial charge is 0.455 e. The molecule has 0 aliphatic heterocycles. The highest BCUT2D eigenvalue weighted by atomic mass is 16.3. The van der Waals surface area contributed by atoms with Crippen LogP contribution in [0.3, 0.4) is 0 Å². The summed E-state index contributed by atoms with van der Waals surface area (Å²) < 4.78 is 11.4. The van der Waals surface area contributed by atoms with Crippen molar-refractivity contribution in [2.75, 3.05) is 5.32 Å². The molecule has 14 rings (SSSR count). The molecular formula is C64H43N3O. The lowest BCUT2D eigenvalue weighted by Crippen LogP contribution is -2.05. The summed E-state index contributed by atoms with van der Waals surface area (Å²) >= 11 is 0. The van der Waals surface area contributed by atoms with Crippen LogP contribution in [0.25, 0.3) is 116 Å². The summed E-state index contributed by atoms with van der Waals surface area (Å²) in [6.07, 6.45) is 6.57. The van der Waals surface area contributed by atoms with Crippen LogP contribution in [0.15, 0.2) is 241 Å². The van der Waals surface area contributed by atoms with E-state index < -0.39 is 0 Å². The lowest BCUT2D eigenvalue weighted by atomic mass is 9.93. The van der Waals surface area contributed by atoms with E-state index in [0.29, 0.717) is 0 Å². The zero-order chi connectivity index (χ0) is 44.7. The number of anilines is 1. The second-order valence-corrected chi connectivity index (χ2v) is 18.1. The summed E-state index contributed by atoms with van der Waals surface area (Å²) in [5, 5.41) is 13.2. The molecule has 1 aliphatic carbocycles. The van der Waals surface area contributed by atoms with Gasteiger partial charge in [0, 0.05) is 66.0 Å². The maximum absolute atomic E-state index is 6.59. The predicted molar refractivity (Wildman–Crippen MR) is 286 cm³/mol. The summed E-state index contributed by atoms with van der Waals surface area (Å²) in [7, 11) is 0. The normalized spacial score (nSPS) is 13.1. The Balaban J connectivity index is 0.951. The van der Waals surface area contributed by atoms with Gasteiger partial charge in [-0.05, 0) is 143 Å². The summed E-state index contributed by atoms with van der Waals surface area (Å²) in [6.45, 7) is 0. The molecule has 10 aromatic carbocycles. The fourth-order valence-electron chi connectivity index (χ4n) is 10.9. The van der Waals surface area contributed by atoms with Crippen molar-refractivity contribution in [2.45, 2.75) is 12.8 Å². The summed E-state index contributed by atoms with van der Waals surface area (Å²) in [5.41, 5.74) is 18.3. The van der Waals surface area contributed by atoms with E-state index in [1.165, 1.54) is 77.1 Å². The topological polar surface area (TPSA) is 35.0 Å². The van der Waals surface area contributed by atoms with Gasteiger partial charge in [0.1, 0.15) is 11.2 Å². The van der Waals surface area contributed by atoms with Gasteiger partial charge in [-0.3, -0.25) is 0 Å². The third-order valence-electron chi connectivity index (χ3n) is 14.1. The van der Waals surface area contributed by atoms with Gasteiger partial charge in [-0.15, -0.1) is 0 Å². The molecule has 0 saturated heterocycles. The first-order chi connectivity index (χ1) is 33.7. The number of para-hydroxylation sites is 3. The number of allylic oxidation sites excluding steroid dienone is 4. The minimum Gasteiger partial charge on any atom is -0.455 e. The van der Waals surface area contributed by atoms with Crippen molar-refractivity contribution in [2.24, 2.45) is 0 Å². The third-order valence-corrected chi connectivity index (χ3v) is 14.1. The van der Waals surface area contributed by atoms with Gasteiger partial charge >= 0.3 is 0 Å². The molecule has 1 N–H and O–H groups in total. The van der Waals surface area contributed by atoms with Crippen molar-refractivity contribution in [3.05, 3.63) is 242 Å². The van der Waals surface area contributed by atoms with E-state index in [9.17, 15) is 0 Å². The van der Waals surface area contributed by atoms with Crippen molar-refractivity contribution >= 4 is 87.6 Å². The molecule has 0 unspecified atom stereocenters. The molecule has 3 heterocycles. The lowest BCUT2D eigenvalue weighted by Gasteiger charge is -2.19. The maximum Gasteiger partial charge on any atom is 0.143 e. The van der Waals surface area contributed by atoms with Gasteiger partial charge < -0.3 is 18.9 Å². The summed E-state index contributed by atoms with van der Waals surface area (Å²) in [5.74, 6) is 0. The molecule has 4 nitrogen and oxygen atoms in total. The Morgan fingerprint density at radius 2 is 0.985 bits per heavy atom. The highest BCUT2D eigenvalue weighted by Gasteiger charge is 2.20. The highest BCUT2D eigenvalue weighted by molar-refractivity contribution is 6.17. The average molecular weight is 870 g/mol. The van der Waals surface area contributed by atoms with Crippen LogP contribution >= 0.6 is 0 Å². The molecule has 13 aromatic rings. The van der Waals surface area contributed by atoms with Crippen LogP contribution in [0.4, 0.5) is 5.69 Å². The van der Waals surface area contributed by atoms with Crippen molar-refractivity contribution < 1.29 is 4.42 Å². The number of nitrogens with zero attached hydrogens (tertiary/aromatic N) is 2. The molecule has 0 radical (unpaired) electrons. The van der Waals surface area contributed by atoms with Crippen molar-refractivity contribution in [1.82, 2.24) is 9.13 Å². The van der Waals surface area contributed by atoms with Crippen LogP contribution in [-0.2, 0) is 0 Å². The first kappa shape index (κ1) is 38.4. The van der Waals surface area contributed by atoms with E-state index in [2.05, 4.69) is 245 Å². The first-order valence-electron chi connectivity index (χ1n) is 23.5. The van der Waals surface area contributed by atoms with Crippen molar-refractivity contribution in [1.29, 1.82) is 0 Å². The molecule has 1 aliphatic rings. The van der Waals surface area contributed by atoms with E-state index in [1.54, 1.807) is 0 Å². The number of rotatable bonds is 7. The van der Waals surface area contributed by atoms with Crippen molar-refractivity contribution in [3.63, 3.8) is 0 Å². The van der Waals surface area contributed by atoms with Gasteiger partial charge in [0.2, 0.25) is 0 Å². The Morgan fingerprint density at radius 3 is 1.74 bits per heavy atom. The molecule has 4 heteroatoms. The van der Waals surface area contributed by atoms with Crippen LogP contribution in [0.5, 0.6) is 0 Å². The molecule has 68 heavy (non-hydrogen) atoms. The van der Waals surface area contributed by atoms with Gasteiger partial charge in [0.15, 0.2) is 0 Å².